The van der Waals surface area contributed by atoms with E-state index in [-0.39, 0.29) is 6.42 Å². The maximum absolute atomic E-state index is 11.6. The summed E-state index contributed by atoms with van der Waals surface area (Å²) in [4.78, 5) is 33.9. The van der Waals surface area contributed by atoms with E-state index in [2.05, 4.69) is 5.32 Å². The first kappa shape index (κ1) is 17.5. The van der Waals surface area contributed by atoms with Gasteiger partial charge in [-0.1, -0.05) is 12.1 Å². The molecule has 0 heterocycles. The summed E-state index contributed by atoms with van der Waals surface area (Å²) in [5.74, 6) is -1.74. The summed E-state index contributed by atoms with van der Waals surface area (Å²) in [6.45, 7) is 5.06. The van der Waals surface area contributed by atoms with E-state index in [1.165, 1.54) is 12.1 Å². The van der Waals surface area contributed by atoms with Gasteiger partial charge < -0.3 is 20.9 Å². The first-order valence-corrected chi connectivity index (χ1v) is 6.69. The number of primary amides is 1. The minimum atomic E-state index is -1.18. The number of aliphatic carboxylic acids is 1. The van der Waals surface area contributed by atoms with Crippen LogP contribution in [-0.4, -0.2) is 34.7 Å². The van der Waals surface area contributed by atoms with Crippen LogP contribution in [0.25, 0.3) is 0 Å². The summed E-state index contributed by atoms with van der Waals surface area (Å²) in [6.07, 6.45) is -0.734. The predicted octanol–water partition coefficient (Wildman–Crippen LogP) is 1.31. The van der Waals surface area contributed by atoms with Crippen molar-refractivity contribution in [1.29, 1.82) is 0 Å². The fourth-order valence-corrected chi connectivity index (χ4v) is 1.69. The largest absolute Gasteiger partial charge is 0.480 e. The zero-order valence-corrected chi connectivity index (χ0v) is 12.8. The summed E-state index contributed by atoms with van der Waals surface area (Å²) in [5.41, 5.74) is 5.40. The molecule has 0 radical (unpaired) electrons. The van der Waals surface area contributed by atoms with E-state index in [1.54, 1.807) is 32.9 Å². The van der Waals surface area contributed by atoms with Gasteiger partial charge >= 0.3 is 12.1 Å². The molecule has 2 amide bonds. The third-order valence-electron chi connectivity index (χ3n) is 2.67. The Hall–Kier alpha value is -2.57. The molecule has 0 spiro atoms. The lowest BCUT2D eigenvalue weighted by Crippen LogP contribution is -2.44. The van der Waals surface area contributed by atoms with E-state index < -0.39 is 29.6 Å². The smallest absolute Gasteiger partial charge is 0.408 e. The van der Waals surface area contributed by atoms with Gasteiger partial charge in [0, 0.05) is 12.0 Å². The molecule has 22 heavy (non-hydrogen) atoms. The van der Waals surface area contributed by atoms with Gasteiger partial charge in [0.05, 0.1) is 0 Å². The molecule has 0 unspecified atom stereocenters. The molecule has 0 bridgehead atoms. The maximum Gasteiger partial charge on any atom is 0.408 e. The topological polar surface area (TPSA) is 119 Å². The highest BCUT2D eigenvalue weighted by Crippen LogP contribution is 2.09. The van der Waals surface area contributed by atoms with Crippen LogP contribution in [0, 0.1) is 0 Å². The number of nitrogens with two attached hydrogens (primary N) is 1. The number of benzene rings is 1. The Morgan fingerprint density at radius 3 is 2.18 bits per heavy atom. The normalized spacial score (nSPS) is 12.3. The zero-order valence-electron chi connectivity index (χ0n) is 12.8. The third-order valence-corrected chi connectivity index (χ3v) is 2.67. The highest BCUT2D eigenvalue weighted by atomic mass is 16.6. The summed E-state index contributed by atoms with van der Waals surface area (Å²) in [7, 11) is 0. The number of hydrogen-bond donors (Lipinski definition) is 3. The molecule has 7 nitrogen and oxygen atoms in total. The lowest BCUT2D eigenvalue weighted by molar-refractivity contribution is -0.139. The van der Waals surface area contributed by atoms with Crippen LogP contribution < -0.4 is 11.1 Å². The van der Waals surface area contributed by atoms with Crippen molar-refractivity contribution in [1.82, 2.24) is 5.32 Å². The number of carboxylic acids is 1. The second-order valence-corrected chi connectivity index (χ2v) is 5.80. The molecular weight excluding hydrogens is 288 g/mol. The Balaban J connectivity index is 2.74. The standard InChI is InChI=1S/C15H20N2O5/c1-15(2,3)22-14(21)17-11(13(19)20)8-9-4-6-10(7-5-9)12(16)18/h4-7,11H,8H2,1-3H3,(H2,16,18)(H,17,21)(H,19,20)/t11-/m0/s1. The number of amides is 2. The molecule has 0 aliphatic heterocycles. The average molecular weight is 308 g/mol. The molecule has 7 heteroatoms. The van der Waals surface area contributed by atoms with E-state index in [9.17, 15) is 19.5 Å². The van der Waals surface area contributed by atoms with Crippen molar-refractivity contribution in [2.75, 3.05) is 0 Å². The van der Waals surface area contributed by atoms with Gasteiger partial charge in [-0.3, -0.25) is 4.79 Å². The first-order valence-electron chi connectivity index (χ1n) is 6.69. The quantitative estimate of drug-likeness (QED) is 0.757. The van der Waals surface area contributed by atoms with Gasteiger partial charge in [0.15, 0.2) is 0 Å². The summed E-state index contributed by atoms with van der Waals surface area (Å²) in [6, 6.07) is 5.06. The van der Waals surface area contributed by atoms with Gasteiger partial charge in [-0.05, 0) is 38.5 Å². The van der Waals surface area contributed by atoms with E-state index in [1.807, 2.05) is 0 Å². The van der Waals surface area contributed by atoms with Gasteiger partial charge in [-0.25, -0.2) is 9.59 Å². The van der Waals surface area contributed by atoms with Crippen LogP contribution in [0.2, 0.25) is 0 Å². The number of carboxylic acid groups (broad SMARTS) is 1. The number of rotatable bonds is 5. The molecule has 0 aliphatic rings. The van der Waals surface area contributed by atoms with Crippen molar-refractivity contribution in [3.63, 3.8) is 0 Å². The minimum absolute atomic E-state index is 0.0631. The molecule has 0 saturated carbocycles. The summed E-state index contributed by atoms with van der Waals surface area (Å²) in [5, 5.41) is 11.5. The number of carbonyl (C=O) groups is 3. The zero-order chi connectivity index (χ0) is 16.9. The maximum atomic E-state index is 11.6. The molecule has 0 saturated heterocycles. The van der Waals surface area contributed by atoms with Crippen LogP contribution in [-0.2, 0) is 16.0 Å². The minimum Gasteiger partial charge on any atom is -0.480 e. The van der Waals surface area contributed by atoms with Gasteiger partial charge in [-0.2, -0.15) is 0 Å². The molecular formula is C15H20N2O5. The Morgan fingerprint density at radius 2 is 1.77 bits per heavy atom. The average Bonchev–Trinajstić information content (AvgIpc) is 2.36. The number of nitrogens with one attached hydrogen (secondary N) is 1. The van der Waals surface area contributed by atoms with Crippen molar-refractivity contribution in [3.8, 4) is 0 Å². The van der Waals surface area contributed by atoms with E-state index >= 15 is 0 Å². The van der Waals surface area contributed by atoms with Crippen molar-refractivity contribution < 1.29 is 24.2 Å². The van der Waals surface area contributed by atoms with Gasteiger partial charge in [0.25, 0.3) is 0 Å². The molecule has 120 valence electrons. The molecule has 4 N–H and O–H groups in total. The van der Waals surface area contributed by atoms with Gasteiger partial charge in [0.2, 0.25) is 5.91 Å². The van der Waals surface area contributed by atoms with Crippen LogP contribution >= 0.6 is 0 Å². The predicted molar refractivity (Wildman–Crippen MR) is 79.5 cm³/mol. The van der Waals surface area contributed by atoms with Crippen molar-refractivity contribution in [2.24, 2.45) is 5.73 Å². The van der Waals surface area contributed by atoms with E-state index in [0.29, 0.717) is 11.1 Å². The van der Waals surface area contributed by atoms with Crippen LogP contribution in [0.5, 0.6) is 0 Å². The first-order chi connectivity index (χ1) is 10.1. The molecule has 1 atom stereocenters. The highest BCUT2D eigenvalue weighted by Gasteiger charge is 2.24. The molecule has 1 rings (SSSR count). The van der Waals surface area contributed by atoms with Crippen LogP contribution in [0.1, 0.15) is 36.7 Å². The van der Waals surface area contributed by atoms with Crippen molar-refractivity contribution in [2.45, 2.75) is 38.8 Å². The summed E-state index contributed by atoms with van der Waals surface area (Å²) < 4.78 is 5.03. The number of hydrogen-bond acceptors (Lipinski definition) is 4. The monoisotopic (exact) mass is 308 g/mol. The van der Waals surface area contributed by atoms with Crippen LogP contribution in [0.3, 0.4) is 0 Å². The molecule has 1 aromatic rings. The third kappa shape index (κ3) is 5.82. The van der Waals surface area contributed by atoms with E-state index in [0.717, 1.165) is 0 Å². The fraction of sp³-hybridized carbons (Fsp3) is 0.400. The van der Waals surface area contributed by atoms with Crippen molar-refractivity contribution >= 4 is 18.0 Å². The van der Waals surface area contributed by atoms with Crippen molar-refractivity contribution in [3.05, 3.63) is 35.4 Å². The fourth-order valence-electron chi connectivity index (χ4n) is 1.69. The molecule has 0 fully saturated rings. The number of alkyl carbamates (subject to hydrolysis) is 1. The lowest BCUT2D eigenvalue weighted by atomic mass is 10.0. The SMILES string of the molecule is CC(C)(C)OC(=O)N[C@@H](Cc1ccc(C(N)=O)cc1)C(=O)O. The number of ether oxygens (including phenoxy) is 1. The van der Waals surface area contributed by atoms with Crippen LogP contribution in [0.15, 0.2) is 24.3 Å². The summed E-state index contributed by atoms with van der Waals surface area (Å²) >= 11 is 0. The Morgan fingerprint density at radius 1 is 1.23 bits per heavy atom. The molecule has 1 aromatic carbocycles. The highest BCUT2D eigenvalue weighted by molar-refractivity contribution is 5.92. The second-order valence-electron chi connectivity index (χ2n) is 5.80. The molecule has 0 aliphatic carbocycles. The second kappa shape index (κ2) is 6.93. The number of carbonyl (C=O) groups excluding carboxylic acids is 2. The van der Waals surface area contributed by atoms with E-state index in [4.69, 9.17) is 10.5 Å². The Bertz CT molecular complexity index is 560. The Labute approximate surface area is 128 Å². The van der Waals surface area contributed by atoms with Gasteiger partial charge in [-0.15, -0.1) is 0 Å². The van der Waals surface area contributed by atoms with Crippen LogP contribution in [0.4, 0.5) is 4.79 Å². The van der Waals surface area contributed by atoms with Gasteiger partial charge in [0.1, 0.15) is 11.6 Å². The lowest BCUT2D eigenvalue weighted by Gasteiger charge is -2.22. The molecule has 0 aromatic heterocycles. The Kier molecular flexibility index (Phi) is 5.50.